The molecule has 0 aromatic rings. The molecule has 13 heteroatoms. The summed E-state index contributed by atoms with van der Waals surface area (Å²) in [6, 6.07) is -0.829. The quantitative estimate of drug-likeness (QED) is 0.386. The van der Waals surface area contributed by atoms with Gasteiger partial charge in [0.05, 0.1) is 35.7 Å². The summed E-state index contributed by atoms with van der Waals surface area (Å²) in [5, 5.41) is 34.8. The molecular weight excluding hydrogens is 576 g/mol. The Labute approximate surface area is 261 Å². The molecule has 3 saturated heterocycles. The van der Waals surface area contributed by atoms with E-state index in [2.05, 4.69) is 0 Å². The molecule has 3 aliphatic rings. The predicted octanol–water partition coefficient (Wildman–Crippen LogP) is 1.68. The summed E-state index contributed by atoms with van der Waals surface area (Å²) in [5.74, 6) is -3.97. The van der Waals surface area contributed by atoms with Gasteiger partial charge in [0, 0.05) is 25.0 Å². The Hall–Kier alpha value is -2.03. The molecule has 0 aromatic heterocycles. The predicted molar refractivity (Wildman–Crippen MR) is 158 cm³/mol. The number of hydrogen-bond donors (Lipinski definition) is 3. The van der Waals surface area contributed by atoms with Crippen LogP contribution in [-0.2, 0) is 33.3 Å². The van der Waals surface area contributed by atoms with Crippen molar-refractivity contribution in [3.05, 3.63) is 0 Å². The average molecular weight is 631 g/mol. The summed E-state index contributed by atoms with van der Waals surface area (Å²) >= 11 is 0. The molecule has 0 unspecified atom stereocenters. The van der Waals surface area contributed by atoms with Crippen molar-refractivity contribution in [2.24, 2.45) is 17.8 Å². The highest BCUT2D eigenvalue weighted by molar-refractivity contribution is 5.80. The first-order valence-electron chi connectivity index (χ1n) is 15.7. The number of rotatable bonds is 4. The fourth-order valence-electron chi connectivity index (χ4n) is 7.11. The van der Waals surface area contributed by atoms with Crippen LogP contribution in [0.2, 0.25) is 0 Å². The highest BCUT2D eigenvalue weighted by Crippen LogP contribution is 2.40. The highest BCUT2D eigenvalue weighted by Gasteiger charge is 2.58. The van der Waals surface area contributed by atoms with Crippen molar-refractivity contribution in [3.8, 4) is 0 Å². The molecule has 3 fully saturated rings. The van der Waals surface area contributed by atoms with Crippen LogP contribution in [0.15, 0.2) is 0 Å². The van der Waals surface area contributed by atoms with E-state index in [0.717, 1.165) is 0 Å². The minimum absolute atomic E-state index is 0.00774. The first-order valence-corrected chi connectivity index (χ1v) is 15.7. The number of likely N-dealkylation sites (N-methyl/N-ethyl adjacent to an activating group) is 1. The molecule has 3 heterocycles. The van der Waals surface area contributed by atoms with Crippen molar-refractivity contribution < 1.29 is 53.4 Å². The monoisotopic (exact) mass is 630 g/mol. The lowest BCUT2D eigenvalue weighted by Gasteiger charge is -2.47. The van der Waals surface area contributed by atoms with Crippen molar-refractivity contribution in [3.63, 3.8) is 0 Å². The fourth-order valence-corrected chi connectivity index (χ4v) is 7.11. The van der Waals surface area contributed by atoms with Crippen LogP contribution >= 0.6 is 0 Å². The van der Waals surface area contributed by atoms with Gasteiger partial charge in [0.25, 0.3) is 0 Å². The molecule has 0 aromatic carbocycles. The number of carbonyl (C=O) groups excluding carboxylic acids is 3. The number of cyclic esters (lactones) is 1. The third-order valence-electron chi connectivity index (χ3n) is 9.99. The topological polar surface area (TPSA) is 165 Å². The first-order chi connectivity index (χ1) is 20.3. The van der Waals surface area contributed by atoms with Crippen molar-refractivity contribution in [1.82, 2.24) is 9.80 Å². The molecule has 3 rings (SSSR count). The maximum Gasteiger partial charge on any atom is 0.509 e. The van der Waals surface area contributed by atoms with Gasteiger partial charge in [-0.25, -0.2) is 4.79 Å². The van der Waals surface area contributed by atoms with Gasteiger partial charge >= 0.3 is 12.1 Å². The second kappa shape index (κ2) is 13.8. The van der Waals surface area contributed by atoms with Gasteiger partial charge in [0.15, 0.2) is 18.0 Å². The Morgan fingerprint density at radius 1 is 1.00 bits per heavy atom. The third kappa shape index (κ3) is 7.18. The molecule has 1 amide bonds. The van der Waals surface area contributed by atoms with Crippen LogP contribution in [0.25, 0.3) is 0 Å². The molecule has 3 aliphatic heterocycles. The smallest absolute Gasteiger partial charge is 0.458 e. The zero-order valence-corrected chi connectivity index (χ0v) is 28.1. The Balaban J connectivity index is 2.06. The maximum absolute atomic E-state index is 13.8. The number of aliphatic hydroxyl groups is 3. The lowest BCUT2D eigenvalue weighted by molar-refractivity contribution is -0.299. The van der Waals surface area contributed by atoms with E-state index < -0.39 is 83.9 Å². The number of ether oxygens (including phenoxy) is 5. The van der Waals surface area contributed by atoms with E-state index in [1.54, 1.807) is 48.6 Å². The number of esters is 1. The Kier molecular flexibility index (Phi) is 11.4. The molecule has 0 radical (unpaired) electrons. The van der Waals surface area contributed by atoms with E-state index in [1.165, 1.54) is 11.8 Å². The average Bonchev–Trinajstić information content (AvgIpc) is 3.26. The van der Waals surface area contributed by atoms with Gasteiger partial charge in [0.1, 0.15) is 12.2 Å². The first kappa shape index (κ1) is 36.4. The van der Waals surface area contributed by atoms with E-state index in [0.29, 0.717) is 6.42 Å². The maximum atomic E-state index is 13.8. The van der Waals surface area contributed by atoms with E-state index in [9.17, 15) is 29.7 Å². The summed E-state index contributed by atoms with van der Waals surface area (Å²) < 4.78 is 29.3. The van der Waals surface area contributed by atoms with Gasteiger partial charge in [-0.2, -0.15) is 0 Å². The molecule has 0 aliphatic carbocycles. The van der Waals surface area contributed by atoms with Gasteiger partial charge < -0.3 is 48.8 Å². The highest BCUT2D eigenvalue weighted by atomic mass is 16.8. The van der Waals surface area contributed by atoms with Gasteiger partial charge in [-0.05, 0) is 74.9 Å². The van der Waals surface area contributed by atoms with E-state index in [1.807, 2.05) is 25.9 Å². The minimum Gasteiger partial charge on any atom is -0.458 e. The van der Waals surface area contributed by atoms with Crippen molar-refractivity contribution >= 4 is 18.0 Å². The number of aliphatic hydroxyl groups excluding tert-OH is 2. The zero-order valence-electron chi connectivity index (χ0n) is 28.1. The summed E-state index contributed by atoms with van der Waals surface area (Å²) in [6.07, 6.45) is -7.15. The standard InChI is InChI=1S/C31H54N2O11/c1-12-21-31(8)25(43-29(38)44-31)19(6)26(36)33(11)15(2)14-30(7,39)24(17(4)22(34)18(5)27(37)41-21)42-28-23(35)20(32(9)10)13-16(3)40-28/h15-25,28,34-35,39H,12-14H2,1-11H3/t15-,16-,17+,18-,19-,20+,21-,22+,23-,24+,25-,28+,30-,31-/m1/s1. The Morgan fingerprint density at radius 2 is 1.61 bits per heavy atom. The number of carbonyl (C=O) groups is 3. The molecule has 44 heavy (non-hydrogen) atoms. The molecule has 14 atom stereocenters. The van der Waals surface area contributed by atoms with Crippen LogP contribution in [0, 0.1) is 17.8 Å². The third-order valence-corrected chi connectivity index (χ3v) is 9.99. The van der Waals surface area contributed by atoms with E-state index in [4.69, 9.17) is 23.7 Å². The minimum atomic E-state index is -1.68. The Morgan fingerprint density at radius 3 is 2.18 bits per heavy atom. The van der Waals surface area contributed by atoms with Gasteiger partial charge in [-0.1, -0.05) is 13.8 Å². The summed E-state index contributed by atoms with van der Waals surface area (Å²) in [4.78, 5) is 43.0. The summed E-state index contributed by atoms with van der Waals surface area (Å²) in [6.45, 7) is 13.3. The molecule has 254 valence electrons. The summed E-state index contributed by atoms with van der Waals surface area (Å²) in [7, 11) is 5.29. The van der Waals surface area contributed by atoms with Crippen LogP contribution in [0.1, 0.15) is 74.7 Å². The lowest BCUT2D eigenvalue weighted by Crippen LogP contribution is -2.59. The van der Waals surface area contributed by atoms with Crippen LogP contribution in [0.3, 0.4) is 0 Å². The Bertz CT molecular complexity index is 1040. The van der Waals surface area contributed by atoms with E-state index >= 15 is 0 Å². The largest absolute Gasteiger partial charge is 0.509 e. The molecule has 3 N–H and O–H groups in total. The second-order valence-corrected chi connectivity index (χ2v) is 13.8. The van der Waals surface area contributed by atoms with Crippen LogP contribution in [0.4, 0.5) is 4.79 Å². The normalized spacial score (nSPS) is 46.4. The number of hydrogen-bond acceptors (Lipinski definition) is 12. The number of fused-ring (bicyclic) bond motifs is 1. The fraction of sp³-hybridized carbons (Fsp3) is 0.903. The molecular formula is C31H54N2O11. The SMILES string of the molecule is CC[C@H]1OC(=O)[C@H](C)[C@@H](O)[C@H](C)[C@H](O[C@@H]2O[C@H](C)C[C@H](N(C)C)[C@H]2O)[C@](C)(O)C[C@@H](C)N(C)C(=O)[C@H](C)[C@H]2OC(=O)O[C@@]21C. The molecule has 0 bridgehead atoms. The number of nitrogens with zero attached hydrogens (tertiary/aromatic N) is 2. The van der Waals surface area contributed by atoms with Crippen molar-refractivity contribution in [2.75, 3.05) is 21.1 Å². The van der Waals surface area contributed by atoms with Crippen molar-refractivity contribution in [2.45, 2.75) is 141 Å². The van der Waals surface area contributed by atoms with Crippen LogP contribution in [-0.4, -0.2) is 130 Å². The van der Waals surface area contributed by atoms with Crippen LogP contribution in [0.5, 0.6) is 0 Å². The second-order valence-electron chi connectivity index (χ2n) is 13.8. The number of amides is 1. The zero-order chi connectivity index (χ0) is 33.5. The van der Waals surface area contributed by atoms with Gasteiger partial charge in [-0.3, -0.25) is 9.59 Å². The van der Waals surface area contributed by atoms with Crippen LogP contribution < -0.4 is 0 Å². The van der Waals surface area contributed by atoms with E-state index in [-0.39, 0.29) is 30.9 Å². The van der Waals surface area contributed by atoms with Gasteiger partial charge in [-0.15, -0.1) is 0 Å². The van der Waals surface area contributed by atoms with Crippen molar-refractivity contribution in [1.29, 1.82) is 0 Å². The molecule has 0 saturated carbocycles. The lowest BCUT2D eigenvalue weighted by atomic mass is 9.79. The molecule has 0 spiro atoms. The van der Waals surface area contributed by atoms with Gasteiger partial charge in [0.2, 0.25) is 5.91 Å². The summed E-state index contributed by atoms with van der Waals surface area (Å²) in [5.41, 5.74) is -3.15. The molecule has 13 nitrogen and oxygen atoms in total.